The molecule has 96 valence electrons. The second kappa shape index (κ2) is 5.67. The van der Waals surface area contributed by atoms with Crippen molar-refractivity contribution in [1.29, 1.82) is 0 Å². The fraction of sp³-hybridized carbons (Fsp3) is 1.00. The second-order valence-electron chi connectivity index (χ2n) is 4.82. The lowest BCUT2D eigenvalue weighted by molar-refractivity contribution is 0.462. The molecule has 4 nitrogen and oxygen atoms in total. The van der Waals surface area contributed by atoms with Crippen molar-refractivity contribution in [3.8, 4) is 0 Å². The second-order valence-corrected chi connectivity index (χ2v) is 6.84. The highest BCUT2D eigenvalue weighted by molar-refractivity contribution is 7.89. The predicted molar refractivity (Wildman–Crippen MR) is 67.2 cm³/mol. The minimum atomic E-state index is -2.99. The number of halogens is 1. The van der Waals surface area contributed by atoms with Crippen molar-refractivity contribution in [2.75, 3.05) is 18.8 Å². The zero-order valence-electron chi connectivity index (χ0n) is 9.47. The van der Waals surface area contributed by atoms with Gasteiger partial charge in [-0.1, -0.05) is 0 Å². The molecule has 6 heteroatoms. The minimum Gasteiger partial charge on any atom is -0.328 e. The van der Waals surface area contributed by atoms with E-state index in [4.69, 9.17) is 5.73 Å². The van der Waals surface area contributed by atoms with Crippen molar-refractivity contribution in [3.05, 3.63) is 0 Å². The molecule has 0 radical (unpaired) electrons. The van der Waals surface area contributed by atoms with Gasteiger partial charge < -0.3 is 5.73 Å². The van der Waals surface area contributed by atoms with Crippen LogP contribution in [0.4, 0.5) is 0 Å². The summed E-state index contributed by atoms with van der Waals surface area (Å²) in [6.45, 7) is 1.45. The summed E-state index contributed by atoms with van der Waals surface area (Å²) in [6.07, 6.45) is 4.88. The molecule has 0 aromatic rings. The van der Waals surface area contributed by atoms with Crippen molar-refractivity contribution in [2.45, 2.75) is 38.1 Å². The molecule has 1 aliphatic heterocycles. The maximum absolute atomic E-state index is 12.0. The molecule has 0 unspecified atom stereocenters. The van der Waals surface area contributed by atoms with Crippen LogP contribution < -0.4 is 5.73 Å². The fourth-order valence-corrected chi connectivity index (χ4v) is 4.56. The van der Waals surface area contributed by atoms with E-state index in [2.05, 4.69) is 0 Å². The average Bonchev–Trinajstić information content (AvgIpc) is 2.75. The van der Waals surface area contributed by atoms with Gasteiger partial charge in [0.15, 0.2) is 0 Å². The standard InChI is InChI=1S/C10H20N2O2S.ClH/c11-10-4-3-9(7-10)8-15(13,14)12-5-1-2-6-12;/h9-10H,1-8,11H2;1H/t9-,10+;/m0./s1. The zero-order valence-corrected chi connectivity index (χ0v) is 11.1. The Balaban J connectivity index is 0.00000128. The van der Waals surface area contributed by atoms with Crippen molar-refractivity contribution in [1.82, 2.24) is 4.31 Å². The van der Waals surface area contributed by atoms with Gasteiger partial charge in [0.05, 0.1) is 5.75 Å². The topological polar surface area (TPSA) is 63.4 Å². The molecule has 1 saturated carbocycles. The van der Waals surface area contributed by atoms with Crippen LogP contribution in [0.5, 0.6) is 0 Å². The van der Waals surface area contributed by atoms with E-state index in [1.54, 1.807) is 4.31 Å². The Morgan fingerprint density at radius 2 is 1.81 bits per heavy atom. The third kappa shape index (κ3) is 3.32. The molecule has 2 N–H and O–H groups in total. The van der Waals surface area contributed by atoms with Gasteiger partial charge in [-0.2, -0.15) is 0 Å². The van der Waals surface area contributed by atoms with Crippen molar-refractivity contribution in [2.24, 2.45) is 11.7 Å². The molecule has 16 heavy (non-hydrogen) atoms. The minimum absolute atomic E-state index is 0. The molecule has 2 atom stereocenters. The Morgan fingerprint density at radius 1 is 1.19 bits per heavy atom. The van der Waals surface area contributed by atoms with Crippen LogP contribution in [0.15, 0.2) is 0 Å². The van der Waals surface area contributed by atoms with Crippen LogP contribution in [0.1, 0.15) is 32.1 Å². The molecule has 1 heterocycles. The molecule has 0 aromatic heterocycles. The summed E-state index contributed by atoms with van der Waals surface area (Å²) in [6, 6.07) is 0.226. The van der Waals surface area contributed by atoms with Gasteiger partial charge in [0.25, 0.3) is 0 Å². The zero-order chi connectivity index (χ0) is 10.9. The van der Waals surface area contributed by atoms with Gasteiger partial charge in [-0.05, 0) is 38.0 Å². The van der Waals surface area contributed by atoms with Crippen LogP contribution in [0.2, 0.25) is 0 Å². The van der Waals surface area contributed by atoms with Crippen LogP contribution in [0.3, 0.4) is 0 Å². The number of nitrogens with two attached hydrogens (primary N) is 1. The monoisotopic (exact) mass is 268 g/mol. The number of nitrogens with zero attached hydrogens (tertiary/aromatic N) is 1. The summed E-state index contributed by atoms with van der Waals surface area (Å²) in [5.74, 6) is 0.617. The number of hydrogen-bond donors (Lipinski definition) is 1. The first-order chi connectivity index (χ1) is 7.08. The quantitative estimate of drug-likeness (QED) is 0.829. The normalized spacial score (nSPS) is 31.6. The van der Waals surface area contributed by atoms with E-state index < -0.39 is 10.0 Å². The first-order valence-electron chi connectivity index (χ1n) is 5.81. The van der Waals surface area contributed by atoms with Crippen molar-refractivity contribution in [3.63, 3.8) is 0 Å². The molecule has 0 aromatic carbocycles. The lowest BCUT2D eigenvalue weighted by atomic mass is 10.1. The van der Waals surface area contributed by atoms with Crippen molar-refractivity contribution >= 4 is 22.4 Å². The summed E-state index contributed by atoms with van der Waals surface area (Å²) < 4.78 is 25.6. The Bertz CT molecular complexity index is 315. The van der Waals surface area contributed by atoms with Gasteiger partial charge in [0.1, 0.15) is 0 Å². The van der Waals surface area contributed by atoms with E-state index >= 15 is 0 Å². The fourth-order valence-electron chi connectivity index (χ4n) is 2.63. The smallest absolute Gasteiger partial charge is 0.214 e. The van der Waals surface area contributed by atoms with Crippen LogP contribution in [0, 0.1) is 5.92 Å². The van der Waals surface area contributed by atoms with E-state index in [9.17, 15) is 8.42 Å². The third-order valence-corrected chi connectivity index (χ3v) is 5.53. The maximum atomic E-state index is 12.0. The Labute approximate surface area is 104 Å². The highest BCUT2D eigenvalue weighted by Gasteiger charge is 2.31. The van der Waals surface area contributed by atoms with E-state index in [1.807, 2.05) is 0 Å². The summed E-state index contributed by atoms with van der Waals surface area (Å²) >= 11 is 0. The van der Waals surface area contributed by atoms with E-state index in [0.29, 0.717) is 11.7 Å². The largest absolute Gasteiger partial charge is 0.328 e. The van der Waals surface area contributed by atoms with E-state index in [0.717, 1.165) is 45.2 Å². The molecule has 2 fully saturated rings. The van der Waals surface area contributed by atoms with Gasteiger partial charge in [-0.25, -0.2) is 12.7 Å². The first-order valence-corrected chi connectivity index (χ1v) is 7.42. The van der Waals surface area contributed by atoms with Crippen LogP contribution in [-0.2, 0) is 10.0 Å². The molecule has 2 rings (SSSR count). The summed E-state index contributed by atoms with van der Waals surface area (Å²) in [7, 11) is -2.99. The predicted octanol–water partition coefficient (Wildman–Crippen LogP) is 0.961. The van der Waals surface area contributed by atoms with Crippen LogP contribution >= 0.6 is 12.4 Å². The van der Waals surface area contributed by atoms with Gasteiger partial charge in [-0.15, -0.1) is 12.4 Å². The maximum Gasteiger partial charge on any atom is 0.214 e. The molecule has 0 spiro atoms. The molecule has 0 amide bonds. The summed E-state index contributed by atoms with van der Waals surface area (Å²) in [5, 5.41) is 0. The molecule has 1 saturated heterocycles. The Hall–Kier alpha value is 0.160. The number of sulfonamides is 1. The SMILES string of the molecule is Cl.N[C@@H]1CC[C@H](CS(=O)(=O)N2CCCC2)C1. The average molecular weight is 269 g/mol. The number of hydrogen-bond acceptors (Lipinski definition) is 3. The first kappa shape index (κ1) is 14.2. The van der Waals surface area contributed by atoms with Gasteiger partial charge in [0.2, 0.25) is 10.0 Å². The van der Waals surface area contributed by atoms with E-state index in [1.165, 1.54) is 0 Å². The van der Waals surface area contributed by atoms with Gasteiger partial charge >= 0.3 is 0 Å². The van der Waals surface area contributed by atoms with Gasteiger partial charge in [0, 0.05) is 19.1 Å². The van der Waals surface area contributed by atoms with Crippen molar-refractivity contribution < 1.29 is 8.42 Å². The molecule has 1 aliphatic carbocycles. The molecular formula is C10H21ClN2O2S. The molecule has 0 bridgehead atoms. The van der Waals surface area contributed by atoms with Crippen LogP contribution in [-0.4, -0.2) is 37.6 Å². The number of rotatable bonds is 3. The highest BCUT2D eigenvalue weighted by Crippen LogP contribution is 2.27. The Kier molecular flexibility index (Phi) is 5.04. The lowest BCUT2D eigenvalue weighted by Gasteiger charge is -2.18. The summed E-state index contributed by atoms with van der Waals surface area (Å²) in [5.41, 5.74) is 5.79. The molecular weight excluding hydrogens is 248 g/mol. The third-order valence-electron chi connectivity index (χ3n) is 3.49. The Morgan fingerprint density at radius 3 is 2.31 bits per heavy atom. The van der Waals surface area contributed by atoms with E-state index in [-0.39, 0.29) is 18.4 Å². The molecule has 2 aliphatic rings. The van der Waals surface area contributed by atoms with Gasteiger partial charge in [-0.3, -0.25) is 0 Å². The van der Waals surface area contributed by atoms with Crippen LogP contribution in [0.25, 0.3) is 0 Å². The summed E-state index contributed by atoms with van der Waals surface area (Å²) in [4.78, 5) is 0. The lowest BCUT2D eigenvalue weighted by Crippen LogP contribution is -2.32. The highest BCUT2D eigenvalue weighted by atomic mass is 35.5.